The van der Waals surface area contributed by atoms with Crippen LogP contribution in [0.4, 0.5) is 5.69 Å². The van der Waals surface area contributed by atoms with Gasteiger partial charge in [0.25, 0.3) is 10.0 Å². The smallest absolute Gasteiger partial charge is 0.339 e. The number of carbonyl (C=O) groups excluding carboxylic acids is 1. The van der Waals surface area contributed by atoms with E-state index in [0.29, 0.717) is 35.1 Å². The predicted molar refractivity (Wildman–Crippen MR) is 149 cm³/mol. The van der Waals surface area contributed by atoms with Gasteiger partial charge < -0.3 is 14.8 Å². The molecule has 1 unspecified atom stereocenters. The predicted octanol–water partition coefficient (Wildman–Crippen LogP) is 6.23. The van der Waals surface area contributed by atoms with Crippen molar-refractivity contribution in [1.82, 2.24) is 9.97 Å². The fourth-order valence-corrected chi connectivity index (χ4v) is 6.57. The molecular formula is C29H37N3O5S. The Morgan fingerprint density at radius 3 is 2.34 bits per heavy atom. The van der Waals surface area contributed by atoms with Gasteiger partial charge in [-0.3, -0.25) is 4.31 Å². The van der Waals surface area contributed by atoms with E-state index in [0.717, 1.165) is 12.8 Å². The lowest BCUT2D eigenvalue weighted by Gasteiger charge is -2.32. The number of anilines is 1. The minimum absolute atomic E-state index is 0.000204. The molecule has 1 aliphatic rings. The lowest BCUT2D eigenvalue weighted by molar-refractivity contribution is -0.150. The third-order valence-electron chi connectivity index (χ3n) is 7.20. The normalized spacial score (nSPS) is 16.6. The number of nitrogens with zero attached hydrogens (tertiary/aromatic N) is 2. The number of hydrogen-bond donors (Lipinski definition) is 2. The fourth-order valence-electron chi connectivity index (χ4n) is 5.47. The summed E-state index contributed by atoms with van der Waals surface area (Å²) in [4.78, 5) is 20.5. The minimum atomic E-state index is -3.99. The number of aromatic amines is 1. The molecule has 204 valence electrons. The van der Waals surface area contributed by atoms with E-state index in [1.165, 1.54) is 11.4 Å². The molecule has 0 aliphatic carbocycles. The third-order valence-corrected chi connectivity index (χ3v) is 8.81. The average molecular weight is 540 g/mol. The summed E-state index contributed by atoms with van der Waals surface area (Å²) in [6.07, 6.45) is 2.59. The molecule has 0 radical (unpaired) electrons. The first-order chi connectivity index (χ1) is 17.9. The van der Waals surface area contributed by atoms with E-state index in [1.54, 1.807) is 36.4 Å². The first-order valence-electron chi connectivity index (χ1n) is 13.1. The van der Waals surface area contributed by atoms with Crippen molar-refractivity contribution in [2.45, 2.75) is 77.0 Å². The van der Waals surface area contributed by atoms with Gasteiger partial charge >= 0.3 is 5.97 Å². The number of H-pyrrole nitrogens is 1. The van der Waals surface area contributed by atoms with E-state index in [2.05, 4.69) is 9.97 Å². The number of benzene rings is 2. The van der Waals surface area contributed by atoms with Gasteiger partial charge in [-0.15, -0.1) is 0 Å². The largest absolute Gasteiger partial charge is 0.507 e. The van der Waals surface area contributed by atoms with E-state index in [-0.39, 0.29) is 16.5 Å². The molecule has 1 aliphatic heterocycles. The summed E-state index contributed by atoms with van der Waals surface area (Å²) >= 11 is 0. The Bertz CT molecular complexity index is 1440. The Labute approximate surface area is 224 Å². The summed E-state index contributed by atoms with van der Waals surface area (Å²) in [5.41, 5.74) is 1.07. The minimum Gasteiger partial charge on any atom is -0.507 e. The van der Waals surface area contributed by atoms with Crippen molar-refractivity contribution in [3.8, 4) is 0 Å². The first-order valence-corrected chi connectivity index (χ1v) is 14.5. The van der Waals surface area contributed by atoms with E-state index < -0.39 is 32.9 Å². The van der Waals surface area contributed by atoms with Crippen molar-refractivity contribution in [3.05, 3.63) is 65.4 Å². The Balaban J connectivity index is 1.78. The van der Waals surface area contributed by atoms with Crippen molar-refractivity contribution in [2.24, 2.45) is 5.41 Å². The molecule has 0 saturated carbocycles. The van der Waals surface area contributed by atoms with Gasteiger partial charge in [0.05, 0.1) is 22.3 Å². The molecule has 3 aromatic rings. The summed E-state index contributed by atoms with van der Waals surface area (Å²) in [5, 5.41) is 11.3. The van der Waals surface area contributed by atoms with Gasteiger partial charge in [-0.25, -0.2) is 9.78 Å². The van der Waals surface area contributed by atoms with Gasteiger partial charge in [-0.1, -0.05) is 71.7 Å². The zero-order chi connectivity index (χ0) is 27.9. The highest BCUT2D eigenvalue weighted by Gasteiger charge is 2.51. The van der Waals surface area contributed by atoms with E-state index >= 15 is 0 Å². The van der Waals surface area contributed by atoms with Crippen molar-refractivity contribution < 1.29 is 23.1 Å². The van der Waals surface area contributed by atoms with Crippen LogP contribution in [0.2, 0.25) is 0 Å². The van der Waals surface area contributed by atoms with Crippen molar-refractivity contribution >= 4 is 32.7 Å². The molecule has 9 heteroatoms. The molecule has 0 saturated heterocycles. The highest BCUT2D eigenvalue weighted by atomic mass is 32.2. The second kappa shape index (κ2) is 10.1. The van der Waals surface area contributed by atoms with E-state index in [4.69, 9.17) is 4.74 Å². The summed E-state index contributed by atoms with van der Waals surface area (Å²) < 4.78 is 34.0. The molecule has 38 heavy (non-hydrogen) atoms. The molecular weight excluding hydrogens is 502 g/mol. The van der Waals surface area contributed by atoms with Crippen LogP contribution in [0.25, 0.3) is 11.0 Å². The molecule has 1 aromatic heterocycles. The Hall–Kier alpha value is -3.33. The van der Waals surface area contributed by atoms with Crippen LogP contribution < -0.4 is 4.31 Å². The monoisotopic (exact) mass is 539 g/mol. The quantitative estimate of drug-likeness (QED) is 0.312. The lowest BCUT2D eigenvalue weighted by atomic mass is 9.71. The summed E-state index contributed by atoms with van der Waals surface area (Å²) in [6, 6.07) is 14.2. The van der Waals surface area contributed by atoms with Crippen LogP contribution in [0.15, 0.2) is 65.0 Å². The van der Waals surface area contributed by atoms with Crippen LogP contribution >= 0.6 is 0 Å². The molecule has 4 rings (SSSR count). The molecule has 1 atom stereocenters. The third kappa shape index (κ3) is 4.79. The SMILES string of the molecule is CCCC1(CCC)OC(=O)C(C(c2cccc(N(C)S(=O)(=O)c3nc4ccccc4[nH]3)c2)C(C)(C)C)=C1O. The number of cyclic esters (lactones) is 1. The number of hydrogen-bond acceptors (Lipinski definition) is 6. The number of carbonyl (C=O) groups is 1. The standard InChI is InChI=1S/C29H37N3O5S/c1-7-16-29(17-8-2)25(33)23(26(34)37-29)24(28(3,4)5)19-12-11-13-20(18-19)32(6)38(35,36)27-30-21-14-9-10-15-22(21)31-27/h9-15,18,24,33H,7-8,16-17H2,1-6H3,(H,30,31). The number of sulfonamides is 1. The molecule has 2 aromatic carbocycles. The van der Waals surface area contributed by atoms with Crippen LogP contribution in [-0.4, -0.2) is 42.1 Å². The summed E-state index contributed by atoms with van der Waals surface area (Å²) in [5.74, 6) is -1.04. The first kappa shape index (κ1) is 27.7. The number of esters is 1. The number of aromatic nitrogens is 2. The van der Waals surface area contributed by atoms with Crippen molar-refractivity contribution in [3.63, 3.8) is 0 Å². The van der Waals surface area contributed by atoms with E-state index in [9.17, 15) is 18.3 Å². The van der Waals surface area contributed by atoms with Crippen molar-refractivity contribution in [2.75, 3.05) is 11.4 Å². The van der Waals surface area contributed by atoms with Crippen LogP contribution in [0.3, 0.4) is 0 Å². The van der Waals surface area contributed by atoms with Crippen LogP contribution in [0.1, 0.15) is 71.8 Å². The Morgan fingerprint density at radius 1 is 1.08 bits per heavy atom. The number of imidazole rings is 1. The number of aliphatic hydroxyl groups excluding tert-OH is 1. The fraction of sp³-hybridized carbons (Fsp3) is 0.448. The summed E-state index contributed by atoms with van der Waals surface area (Å²) in [6.45, 7) is 9.98. The molecule has 0 spiro atoms. The van der Waals surface area contributed by atoms with E-state index in [1.807, 2.05) is 46.8 Å². The zero-order valence-electron chi connectivity index (χ0n) is 22.9. The number of ether oxygens (including phenoxy) is 1. The van der Waals surface area contributed by atoms with Gasteiger partial charge in [0, 0.05) is 13.0 Å². The number of fused-ring (bicyclic) bond motifs is 1. The number of para-hydroxylation sites is 2. The maximum atomic E-state index is 13.5. The van der Waals surface area contributed by atoms with Gasteiger partial charge in [-0.2, -0.15) is 8.42 Å². The topological polar surface area (TPSA) is 113 Å². The Morgan fingerprint density at radius 2 is 1.74 bits per heavy atom. The molecule has 8 nitrogen and oxygen atoms in total. The zero-order valence-corrected chi connectivity index (χ0v) is 23.7. The van der Waals surface area contributed by atoms with Crippen molar-refractivity contribution in [1.29, 1.82) is 0 Å². The van der Waals surface area contributed by atoms with Gasteiger partial charge in [0.1, 0.15) is 5.76 Å². The maximum absolute atomic E-state index is 13.5. The van der Waals surface area contributed by atoms with Crippen LogP contribution in [0.5, 0.6) is 0 Å². The highest BCUT2D eigenvalue weighted by molar-refractivity contribution is 7.92. The molecule has 2 N–H and O–H groups in total. The lowest BCUT2D eigenvalue weighted by Crippen LogP contribution is -2.32. The van der Waals surface area contributed by atoms with Crippen LogP contribution in [-0.2, 0) is 19.6 Å². The number of rotatable bonds is 9. The number of nitrogens with one attached hydrogen (secondary N) is 1. The second-order valence-electron chi connectivity index (χ2n) is 11.1. The molecule has 0 fully saturated rings. The molecule has 0 bridgehead atoms. The van der Waals surface area contributed by atoms with Gasteiger partial charge in [0.2, 0.25) is 5.16 Å². The summed E-state index contributed by atoms with van der Waals surface area (Å²) in [7, 11) is -2.52. The van der Waals surface area contributed by atoms with Crippen LogP contribution in [0, 0.1) is 5.41 Å². The van der Waals surface area contributed by atoms with Gasteiger partial charge in [-0.05, 0) is 48.1 Å². The molecule has 0 amide bonds. The molecule has 2 heterocycles. The highest BCUT2D eigenvalue weighted by Crippen LogP contribution is 2.49. The second-order valence-corrected chi connectivity index (χ2v) is 13.0. The maximum Gasteiger partial charge on any atom is 0.339 e. The Kier molecular flexibility index (Phi) is 7.36. The number of aliphatic hydroxyl groups is 1. The average Bonchev–Trinajstić information content (AvgIpc) is 3.39. The van der Waals surface area contributed by atoms with Gasteiger partial charge in [0.15, 0.2) is 5.60 Å².